The number of hydrogen-bond donors (Lipinski definition) is 1. The number of aliphatic carboxylic acids is 2. The summed E-state index contributed by atoms with van der Waals surface area (Å²) in [6, 6.07) is -1.52. The van der Waals surface area contributed by atoms with Crippen molar-refractivity contribution < 1.29 is 24.6 Å². The van der Waals surface area contributed by atoms with Crippen LogP contribution in [0.25, 0.3) is 0 Å². The predicted molar refractivity (Wildman–Crippen MR) is 200 cm³/mol. The first-order valence-electron chi connectivity index (χ1n) is 18.9. The standard InChI is InChI=1S/2C16H36P.C5H7NO5/c2*1-5-9-13-17(14-10-6-2,15-11-7-3)16-12-8-4;7-2-6-3(5(10)11)1-4(8)9/h2*5-16H2,1-4H3;2-3H,1H2,(H,6,7)(H,8,9)(H,10,11)/q2*+1;/p-2/t;;3-/m..0/s1. The Balaban J connectivity index is -0.000000604. The minimum Gasteiger partial charge on any atom is -0.550 e. The Morgan fingerprint density at radius 1 is 0.511 bits per heavy atom. The summed E-state index contributed by atoms with van der Waals surface area (Å²) in [4.78, 5) is 29.5. The Bertz CT molecular complexity index is 566. The molecule has 6 nitrogen and oxygen atoms in total. The van der Waals surface area contributed by atoms with Crippen molar-refractivity contribution in [2.45, 2.75) is 171 Å². The molecule has 8 heteroatoms. The third-order valence-corrected chi connectivity index (χ3v) is 18.9. The summed E-state index contributed by atoms with van der Waals surface area (Å²) in [5.41, 5.74) is 0. The van der Waals surface area contributed by atoms with Crippen LogP contribution in [-0.2, 0) is 14.4 Å². The Labute approximate surface area is 282 Å². The Morgan fingerprint density at radius 3 is 0.867 bits per heavy atom. The maximum atomic E-state index is 10.0. The molecule has 0 aromatic rings. The lowest BCUT2D eigenvalue weighted by atomic mass is 10.2. The van der Waals surface area contributed by atoms with Crippen LogP contribution >= 0.6 is 14.5 Å². The van der Waals surface area contributed by atoms with Crippen LogP contribution in [0, 0.1) is 0 Å². The summed E-state index contributed by atoms with van der Waals surface area (Å²) in [5.74, 6) is -3.21. The van der Waals surface area contributed by atoms with Gasteiger partial charge in [-0.1, -0.05) is 107 Å². The number of rotatable bonds is 29. The van der Waals surface area contributed by atoms with Crippen LogP contribution in [0.3, 0.4) is 0 Å². The fraction of sp³-hybridized carbons (Fsp3) is 0.919. The molecule has 0 spiro atoms. The second kappa shape index (κ2) is 34.6. The highest BCUT2D eigenvalue weighted by molar-refractivity contribution is 7.76. The predicted octanol–water partition coefficient (Wildman–Crippen LogP) is 8.40. The molecule has 0 rings (SSSR count). The van der Waals surface area contributed by atoms with Gasteiger partial charge in [-0.3, -0.25) is 4.79 Å². The number of carbonyl (C=O) groups excluding carboxylic acids is 3. The molecule has 0 aromatic heterocycles. The van der Waals surface area contributed by atoms with Gasteiger partial charge in [-0.15, -0.1) is 0 Å². The average Bonchev–Trinajstić information content (AvgIpc) is 3.03. The van der Waals surface area contributed by atoms with Gasteiger partial charge in [0.25, 0.3) is 0 Å². The van der Waals surface area contributed by atoms with Crippen LogP contribution in [0.1, 0.15) is 165 Å². The van der Waals surface area contributed by atoms with E-state index in [9.17, 15) is 24.6 Å². The number of carbonyl (C=O) groups is 3. The Kier molecular flexibility index (Phi) is 37.4. The largest absolute Gasteiger partial charge is 0.550 e. The van der Waals surface area contributed by atoms with Crippen molar-refractivity contribution in [3.05, 3.63) is 0 Å². The van der Waals surface area contributed by atoms with Gasteiger partial charge in [-0.25, -0.2) is 0 Å². The molecule has 1 N–H and O–H groups in total. The zero-order chi connectivity index (χ0) is 34.8. The molecule has 270 valence electrons. The van der Waals surface area contributed by atoms with E-state index in [0.29, 0.717) is 0 Å². The lowest BCUT2D eigenvalue weighted by molar-refractivity contribution is -0.317. The smallest absolute Gasteiger partial charge is 0.207 e. The van der Waals surface area contributed by atoms with E-state index in [4.69, 9.17) is 0 Å². The number of carboxylic acid groups (broad SMARTS) is 2. The van der Waals surface area contributed by atoms with Crippen LogP contribution in [-0.4, -0.2) is 73.7 Å². The molecule has 1 amide bonds. The number of unbranched alkanes of at least 4 members (excludes halogenated alkanes) is 8. The molecule has 0 heterocycles. The van der Waals surface area contributed by atoms with Gasteiger partial charge in [0, 0.05) is 26.9 Å². The third-order valence-electron chi connectivity index (χ3n) is 8.81. The minimum absolute atomic E-state index is 0.0867. The first-order chi connectivity index (χ1) is 21.6. The van der Waals surface area contributed by atoms with E-state index >= 15 is 0 Å². The molecule has 0 unspecified atom stereocenters. The van der Waals surface area contributed by atoms with Crippen LogP contribution in [0.5, 0.6) is 0 Å². The second-order valence-electron chi connectivity index (χ2n) is 13.0. The molecule has 1 atom stereocenters. The molecule has 0 fully saturated rings. The highest BCUT2D eigenvalue weighted by Crippen LogP contribution is 2.62. The van der Waals surface area contributed by atoms with Gasteiger partial charge in [-0.05, 0) is 51.4 Å². The zero-order valence-electron chi connectivity index (χ0n) is 31.3. The average molecular weight is 678 g/mol. The van der Waals surface area contributed by atoms with Crippen molar-refractivity contribution in [1.82, 2.24) is 5.32 Å². The van der Waals surface area contributed by atoms with E-state index in [-0.39, 0.29) is 6.41 Å². The van der Waals surface area contributed by atoms with Crippen molar-refractivity contribution >= 4 is 32.9 Å². The van der Waals surface area contributed by atoms with Crippen molar-refractivity contribution in [2.75, 3.05) is 49.3 Å². The van der Waals surface area contributed by atoms with Crippen LogP contribution in [0.4, 0.5) is 0 Å². The van der Waals surface area contributed by atoms with E-state index in [0.717, 1.165) is 0 Å². The fourth-order valence-electron chi connectivity index (χ4n) is 5.75. The molecule has 0 aliphatic carbocycles. The van der Waals surface area contributed by atoms with Gasteiger partial charge >= 0.3 is 0 Å². The minimum atomic E-state index is -1.65. The van der Waals surface area contributed by atoms with Gasteiger partial charge in [0.2, 0.25) is 6.41 Å². The van der Waals surface area contributed by atoms with Crippen LogP contribution in [0.15, 0.2) is 0 Å². The quantitative estimate of drug-likeness (QED) is 0.0632. The topological polar surface area (TPSA) is 109 Å². The molecule has 0 bridgehead atoms. The highest BCUT2D eigenvalue weighted by atomic mass is 31.2. The van der Waals surface area contributed by atoms with Gasteiger partial charge < -0.3 is 25.1 Å². The van der Waals surface area contributed by atoms with E-state index in [1.54, 1.807) is 54.6 Å². The molecule has 0 saturated heterocycles. The van der Waals surface area contributed by atoms with Gasteiger partial charge in [0.05, 0.1) is 61.3 Å². The number of hydrogen-bond acceptors (Lipinski definition) is 5. The van der Waals surface area contributed by atoms with Gasteiger partial charge in [0.1, 0.15) is 0 Å². The Hall–Kier alpha value is -0.730. The van der Waals surface area contributed by atoms with E-state index in [2.05, 4.69) is 55.4 Å². The number of amides is 1. The third kappa shape index (κ3) is 29.2. The maximum absolute atomic E-state index is 10.0. The molecule has 0 saturated carbocycles. The van der Waals surface area contributed by atoms with E-state index < -0.39 is 38.9 Å². The summed E-state index contributed by atoms with van der Waals surface area (Å²) in [6.07, 6.45) is 35.2. The fourth-order valence-corrected chi connectivity index (χ4v) is 16.3. The van der Waals surface area contributed by atoms with Crippen molar-refractivity contribution in [3.63, 3.8) is 0 Å². The van der Waals surface area contributed by atoms with Gasteiger partial charge in [-0.2, -0.15) is 0 Å². The number of nitrogens with one attached hydrogen (secondary N) is 1. The molecule has 0 radical (unpaired) electrons. The van der Waals surface area contributed by atoms with Gasteiger partial charge in [0.15, 0.2) is 0 Å². The summed E-state index contributed by atoms with van der Waals surface area (Å²) < 4.78 is 0. The summed E-state index contributed by atoms with van der Waals surface area (Å²) in [7, 11) is -1.12. The number of carboxylic acids is 2. The van der Waals surface area contributed by atoms with Crippen molar-refractivity contribution in [2.24, 2.45) is 0 Å². The lowest BCUT2D eigenvalue weighted by Crippen LogP contribution is -2.48. The summed E-state index contributed by atoms with van der Waals surface area (Å²) in [6.45, 7) is 18.8. The molecule has 0 aliphatic rings. The van der Waals surface area contributed by atoms with Crippen molar-refractivity contribution in [3.8, 4) is 0 Å². The SMILES string of the molecule is CCCC[P+](CCCC)(CCCC)CCCC.CCCC[P+](CCCC)(CCCC)CCCC.O=CN[C@@H](CC(=O)[O-])C(=O)[O-]. The molecular formula is C37H77NO5P2. The van der Waals surface area contributed by atoms with Crippen molar-refractivity contribution in [1.29, 1.82) is 0 Å². The second-order valence-corrected chi connectivity index (χ2v) is 22.0. The van der Waals surface area contributed by atoms with Crippen LogP contribution in [0.2, 0.25) is 0 Å². The summed E-state index contributed by atoms with van der Waals surface area (Å²) >= 11 is 0. The molecule has 0 aromatic carbocycles. The highest BCUT2D eigenvalue weighted by Gasteiger charge is 2.35. The monoisotopic (exact) mass is 678 g/mol. The lowest BCUT2D eigenvalue weighted by Gasteiger charge is -2.28. The molecule has 45 heavy (non-hydrogen) atoms. The summed E-state index contributed by atoms with van der Waals surface area (Å²) in [5, 5.41) is 21.6. The first kappa shape index (κ1) is 48.7. The normalized spacial score (nSPS) is 11.9. The molecular weight excluding hydrogens is 600 g/mol. The zero-order valence-corrected chi connectivity index (χ0v) is 33.1. The first-order valence-corrected chi connectivity index (χ1v) is 23.9. The van der Waals surface area contributed by atoms with Crippen LogP contribution < -0.4 is 15.5 Å². The molecule has 0 aliphatic heterocycles. The van der Waals surface area contributed by atoms with E-state index in [1.165, 1.54) is 103 Å². The Morgan fingerprint density at radius 2 is 0.733 bits per heavy atom. The maximum Gasteiger partial charge on any atom is 0.207 e. The van der Waals surface area contributed by atoms with E-state index in [1.807, 2.05) is 0 Å².